The first-order valence-corrected chi connectivity index (χ1v) is 5.64. The summed E-state index contributed by atoms with van der Waals surface area (Å²) in [6.45, 7) is 7.07. The van der Waals surface area contributed by atoms with Crippen LogP contribution in [-0.2, 0) is 0 Å². The van der Waals surface area contributed by atoms with E-state index in [-0.39, 0.29) is 0 Å². The predicted molar refractivity (Wildman–Crippen MR) is 61.2 cm³/mol. The van der Waals surface area contributed by atoms with Gasteiger partial charge in [-0.05, 0) is 26.4 Å². The predicted octanol–water partition coefficient (Wildman–Crippen LogP) is 1.43. The van der Waals surface area contributed by atoms with E-state index in [0.717, 1.165) is 18.9 Å². The average Bonchev–Trinajstić information content (AvgIpc) is 2.21. The third-order valence-corrected chi connectivity index (χ3v) is 3.13. The lowest BCUT2D eigenvalue weighted by Crippen LogP contribution is -2.51. The van der Waals surface area contributed by atoms with Gasteiger partial charge in [0.1, 0.15) is 0 Å². The molecule has 1 rings (SSSR count). The normalized spacial score (nSPS) is 24.8. The van der Waals surface area contributed by atoms with Crippen molar-refractivity contribution >= 4 is 0 Å². The van der Waals surface area contributed by atoms with Crippen LogP contribution in [0.2, 0.25) is 0 Å². The first-order valence-electron chi connectivity index (χ1n) is 5.64. The zero-order valence-corrected chi connectivity index (χ0v) is 9.50. The maximum atomic E-state index is 5.24. The fourth-order valence-electron chi connectivity index (χ4n) is 2.06. The summed E-state index contributed by atoms with van der Waals surface area (Å²) >= 11 is 0. The minimum atomic E-state index is 0.745. The van der Waals surface area contributed by atoms with Crippen molar-refractivity contribution in [1.82, 2.24) is 9.80 Å². The number of likely N-dealkylation sites (N-methyl/N-ethyl adjacent to an activating group) is 1. The number of nitrogens with zero attached hydrogens (tertiary/aromatic N) is 2. The average molecular weight is 194 g/mol. The van der Waals surface area contributed by atoms with Gasteiger partial charge in [-0.25, -0.2) is 0 Å². The summed E-state index contributed by atoms with van der Waals surface area (Å²) < 4.78 is 0. The van der Waals surface area contributed by atoms with Crippen LogP contribution in [0, 0.1) is 12.3 Å². The molecule has 2 heteroatoms. The number of hydrogen-bond donors (Lipinski definition) is 0. The molecule has 1 aliphatic heterocycles. The zero-order valence-electron chi connectivity index (χ0n) is 9.50. The van der Waals surface area contributed by atoms with Crippen LogP contribution in [0.5, 0.6) is 0 Å². The van der Waals surface area contributed by atoms with Gasteiger partial charge in [0.25, 0.3) is 0 Å². The maximum absolute atomic E-state index is 5.24. The number of piperazine rings is 1. The van der Waals surface area contributed by atoms with Crippen LogP contribution in [0.15, 0.2) is 0 Å². The molecule has 80 valence electrons. The Labute approximate surface area is 88.3 Å². The van der Waals surface area contributed by atoms with E-state index in [2.05, 4.69) is 29.7 Å². The third kappa shape index (κ3) is 3.32. The van der Waals surface area contributed by atoms with E-state index in [1.165, 1.54) is 32.6 Å². The Bertz CT molecular complexity index is 195. The highest BCUT2D eigenvalue weighted by Crippen LogP contribution is 2.10. The molecular formula is C12H22N2. The molecule has 1 heterocycles. The fraction of sp³-hybridized carbons (Fsp3) is 0.833. The molecule has 0 amide bonds. The van der Waals surface area contributed by atoms with Crippen molar-refractivity contribution in [3.63, 3.8) is 0 Å². The van der Waals surface area contributed by atoms with Crippen molar-refractivity contribution in [3.05, 3.63) is 0 Å². The van der Waals surface area contributed by atoms with Crippen LogP contribution in [-0.4, -0.2) is 49.1 Å². The van der Waals surface area contributed by atoms with Crippen molar-refractivity contribution < 1.29 is 0 Å². The summed E-state index contributed by atoms with van der Waals surface area (Å²) in [5, 5.41) is 0. The van der Waals surface area contributed by atoms with E-state index in [0.29, 0.717) is 0 Å². The molecule has 0 bridgehead atoms. The van der Waals surface area contributed by atoms with Gasteiger partial charge in [-0.15, -0.1) is 12.3 Å². The van der Waals surface area contributed by atoms with Crippen LogP contribution in [0.1, 0.15) is 26.2 Å². The minimum Gasteiger partial charge on any atom is -0.301 e. The third-order valence-electron chi connectivity index (χ3n) is 3.13. The molecule has 0 radical (unpaired) electrons. The standard InChI is InChI=1S/C12H22N2/c1-4-6-7-8-14-10-9-13(3)12(5-2)11-14/h1,12H,5-11H2,2-3H3. The lowest BCUT2D eigenvalue weighted by Gasteiger charge is -2.39. The summed E-state index contributed by atoms with van der Waals surface area (Å²) in [6, 6.07) is 0.745. The van der Waals surface area contributed by atoms with Gasteiger partial charge in [0.2, 0.25) is 0 Å². The highest BCUT2D eigenvalue weighted by molar-refractivity contribution is 4.84. The first kappa shape index (κ1) is 11.6. The Morgan fingerprint density at radius 3 is 2.86 bits per heavy atom. The van der Waals surface area contributed by atoms with Gasteiger partial charge in [-0.1, -0.05) is 6.92 Å². The van der Waals surface area contributed by atoms with Gasteiger partial charge in [0.05, 0.1) is 0 Å². The quantitative estimate of drug-likeness (QED) is 0.493. The molecule has 0 aromatic heterocycles. The fourth-order valence-corrected chi connectivity index (χ4v) is 2.06. The number of terminal acetylenes is 1. The molecule has 0 spiro atoms. The summed E-state index contributed by atoms with van der Waals surface area (Å²) in [7, 11) is 2.23. The highest BCUT2D eigenvalue weighted by Gasteiger charge is 2.21. The van der Waals surface area contributed by atoms with E-state index in [1.54, 1.807) is 0 Å². The summed E-state index contributed by atoms with van der Waals surface area (Å²) in [5.41, 5.74) is 0. The second-order valence-electron chi connectivity index (χ2n) is 4.15. The van der Waals surface area contributed by atoms with Gasteiger partial charge in [0.15, 0.2) is 0 Å². The van der Waals surface area contributed by atoms with Gasteiger partial charge >= 0.3 is 0 Å². The Hall–Kier alpha value is -0.520. The van der Waals surface area contributed by atoms with Crippen LogP contribution >= 0.6 is 0 Å². The highest BCUT2D eigenvalue weighted by atomic mass is 15.3. The molecule has 0 aliphatic carbocycles. The van der Waals surface area contributed by atoms with E-state index in [4.69, 9.17) is 6.42 Å². The molecule has 1 saturated heterocycles. The topological polar surface area (TPSA) is 6.48 Å². The molecule has 2 nitrogen and oxygen atoms in total. The van der Waals surface area contributed by atoms with Gasteiger partial charge < -0.3 is 9.80 Å². The second kappa shape index (κ2) is 6.06. The second-order valence-corrected chi connectivity index (χ2v) is 4.15. The van der Waals surface area contributed by atoms with Crippen molar-refractivity contribution in [2.45, 2.75) is 32.2 Å². The van der Waals surface area contributed by atoms with Crippen LogP contribution in [0.4, 0.5) is 0 Å². The Kier molecular flexibility index (Phi) is 5.00. The summed E-state index contributed by atoms with van der Waals surface area (Å²) in [4.78, 5) is 5.02. The van der Waals surface area contributed by atoms with Crippen molar-refractivity contribution in [2.24, 2.45) is 0 Å². The van der Waals surface area contributed by atoms with Crippen molar-refractivity contribution in [3.8, 4) is 12.3 Å². The molecule has 1 atom stereocenters. The number of hydrogen-bond acceptors (Lipinski definition) is 2. The minimum absolute atomic E-state index is 0.745. The number of unbranched alkanes of at least 4 members (excludes halogenated alkanes) is 1. The Morgan fingerprint density at radius 2 is 2.21 bits per heavy atom. The number of rotatable bonds is 4. The van der Waals surface area contributed by atoms with E-state index in [1.807, 2.05) is 0 Å². The lowest BCUT2D eigenvalue weighted by molar-refractivity contribution is 0.0928. The Balaban J connectivity index is 2.25. The van der Waals surface area contributed by atoms with E-state index >= 15 is 0 Å². The van der Waals surface area contributed by atoms with Crippen LogP contribution in [0.25, 0.3) is 0 Å². The summed E-state index contributed by atoms with van der Waals surface area (Å²) in [5.74, 6) is 2.70. The van der Waals surface area contributed by atoms with Crippen LogP contribution < -0.4 is 0 Å². The zero-order chi connectivity index (χ0) is 10.4. The lowest BCUT2D eigenvalue weighted by atomic mass is 10.1. The molecule has 0 aromatic rings. The summed E-state index contributed by atoms with van der Waals surface area (Å²) in [6.07, 6.45) is 8.56. The van der Waals surface area contributed by atoms with E-state index < -0.39 is 0 Å². The molecule has 1 unspecified atom stereocenters. The van der Waals surface area contributed by atoms with Gasteiger partial charge in [0, 0.05) is 32.1 Å². The maximum Gasteiger partial charge on any atom is 0.0218 e. The molecule has 14 heavy (non-hydrogen) atoms. The van der Waals surface area contributed by atoms with Crippen LogP contribution in [0.3, 0.4) is 0 Å². The molecule has 0 saturated carbocycles. The SMILES string of the molecule is C#CCCCN1CCN(C)C(CC)C1. The van der Waals surface area contributed by atoms with Gasteiger partial charge in [-0.2, -0.15) is 0 Å². The monoisotopic (exact) mass is 194 g/mol. The molecule has 0 N–H and O–H groups in total. The van der Waals surface area contributed by atoms with Crippen molar-refractivity contribution in [1.29, 1.82) is 0 Å². The van der Waals surface area contributed by atoms with E-state index in [9.17, 15) is 0 Å². The smallest absolute Gasteiger partial charge is 0.0218 e. The Morgan fingerprint density at radius 1 is 1.43 bits per heavy atom. The molecule has 1 aliphatic rings. The molecule has 0 aromatic carbocycles. The van der Waals surface area contributed by atoms with Gasteiger partial charge in [-0.3, -0.25) is 0 Å². The molecule has 1 fully saturated rings. The first-order chi connectivity index (χ1) is 6.77. The molecular weight excluding hydrogens is 172 g/mol. The van der Waals surface area contributed by atoms with Crippen molar-refractivity contribution in [2.75, 3.05) is 33.2 Å². The largest absolute Gasteiger partial charge is 0.301 e.